The summed E-state index contributed by atoms with van der Waals surface area (Å²) in [6, 6.07) is 17.0. The van der Waals surface area contributed by atoms with E-state index < -0.39 is 0 Å². The lowest BCUT2D eigenvalue weighted by Crippen LogP contribution is -2.24. The van der Waals surface area contributed by atoms with Crippen LogP contribution in [-0.4, -0.2) is 14.3 Å². The highest BCUT2D eigenvalue weighted by Crippen LogP contribution is 2.19. The fourth-order valence-corrected chi connectivity index (χ4v) is 2.51. The molecule has 0 aliphatic heterocycles. The Labute approximate surface area is 127 Å². The van der Waals surface area contributed by atoms with E-state index in [-0.39, 0.29) is 5.69 Å². The summed E-state index contributed by atoms with van der Waals surface area (Å²) >= 11 is 6.18. The van der Waals surface area contributed by atoms with Crippen molar-refractivity contribution < 1.29 is 0 Å². The van der Waals surface area contributed by atoms with Crippen LogP contribution in [0.4, 0.5) is 0 Å². The van der Waals surface area contributed by atoms with Crippen LogP contribution in [0.15, 0.2) is 59.4 Å². The number of para-hydroxylation sites is 1. The van der Waals surface area contributed by atoms with Crippen LogP contribution in [0.3, 0.4) is 0 Å². The molecule has 0 amide bonds. The molecule has 3 aromatic rings. The third-order valence-corrected chi connectivity index (χ3v) is 3.59. The quantitative estimate of drug-likeness (QED) is 0.746. The molecule has 0 radical (unpaired) electrons. The van der Waals surface area contributed by atoms with Gasteiger partial charge in [0.05, 0.1) is 17.3 Å². The molecular weight excluding hydrogens is 286 g/mol. The Bertz CT molecular complexity index is 821. The van der Waals surface area contributed by atoms with Crippen molar-refractivity contribution in [1.29, 1.82) is 0 Å². The molecule has 2 aromatic carbocycles. The van der Waals surface area contributed by atoms with Crippen molar-refractivity contribution in [3.05, 3.63) is 81.5 Å². The van der Waals surface area contributed by atoms with E-state index in [1.807, 2.05) is 48.5 Å². The van der Waals surface area contributed by atoms with Crippen LogP contribution in [0.1, 0.15) is 11.4 Å². The lowest BCUT2D eigenvalue weighted by molar-refractivity contribution is 0.651. The van der Waals surface area contributed by atoms with Crippen molar-refractivity contribution >= 4 is 11.6 Å². The van der Waals surface area contributed by atoms with Crippen molar-refractivity contribution in [2.75, 3.05) is 0 Å². The molecule has 0 saturated carbocycles. The van der Waals surface area contributed by atoms with Crippen molar-refractivity contribution in [3.63, 3.8) is 0 Å². The number of aromatic nitrogens is 3. The zero-order chi connectivity index (χ0) is 14.8. The molecular formula is C16H14ClN3O. The van der Waals surface area contributed by atoms with Gasteiger partial charge in [0.25, 0.3) is 0 Å². The van der Waals surface area contributed by atoms with Crippen LogP contribution in [0.2, 0.25) is 5.02 Å². The molecule has 0 unspecified atom stereocenters. The van der Waals surface area contributed by atoms with Gasteiger partial charge in [0.2, 0.25) is 0 Å². The van der Waals surface area contributed by atoms with Gasteiger partial charge < -0.3 is 0 Å². The highest BCUT2D eigenvalue weighted by molar-refractivity contribution is 6.32. The predicted molar refractivity (Wildman–Crippen MR) is 83.1 cm³/mol. The Hall–Kier alpha value is -2.33. The van der Waals surface area contributed by atoms with Crippen LogP contribution in [-0.2, 0) is 6.54 Å². The Morgan fingerprint density at radius 3 is 2.43 bits per heavy atom. The van der Waals surface area contributed by atoms with Gasteiger partial charge in [-0.3, -0.25) is 0 Å². The van der Waals surface area contributed by atoms with Crippen LogP contribution in [0.5, 0.6) is 0 Å². The molecule has 0 atom stereocenters. The zero-order valence-electron chi connectivity index (χ0n) is 11.5. The summed E-state index contributed by atoms with van der Waals surface area (Å²) in [6.45, 7) is 2.24. The monoisotopic (exact) mass is 299 g/mol. The third kappa shape index (κ3) is 2.62. The Kier molecular flexibility index (Phi) is 3.62. The van der Waals surface area contributed by atoms with Crippen LogP contribution in [0.25, 0.3) is 5.69 Å². The molecule has 1 aromatic heterocycles. The summed E-state index contributed by atoms with van der Waals surface area (Å²) in [5.41, 5.74) is 1.49. The number of rotatable bonds is 3. The first-order chi connectivity index (χ1) is 10.2. The largest absolute Gasteiger partial charge is 0.350 e. The Morgan fingerprint density at radius 2 is 1.71 bits per heavy atom. The van der Waals surface area contributed by atoms with E-state index in [1.165, 1.54) is 9.25 Å². The highest BCUT2D eigenvalue weighted by Gasteiger charge is 2.13. The van der Waals surface area contributed by atoms with E-state index in [2.05, 4.69) is 5.10 Å². The van der Waals surface area contributed by atoms with Gasteiger partial charge in [-0.05, 0) is 24.6 Å². The van der Waals surface area contributed by atoms with Gasteiger partial charge >= 0.3 is 5.69 Å². The number of aryl methyl sites for hydroxylation is 1. The summed E-state index contributed by atoms with van der Waals surface area (Å²) in [5, 5.41) is 4.86. The van der Waals surface area contributed by atoms with E-state index >= 15 is 0 Å². The average Bonchev–Trinajstić information content (AvgIpc) is 2.76. The summed E-state index contributed by atoms with van der Waals surface area (Å²) in [5.74, 6) is 0.615. The summed E-state index contributed by atoms with van der Waals surface area (Å²) in [7, 11) is 0. The maximum Gasteiger partial charge on any atom is 0.350 e. The van der Waals surface area contributed by atoms with E-state index in [4.69, 9.17) is 11.6 Å². The normalized spacial score (nSPS) is 10.8. The number of halogens is 1. The molecule has 0 saturated heterocycles. The molecule has 3 rings (SSSR count). The molecule has 0 spiro atoms. The first-order valence-corrected chi connectivity index (χ1v) is 7.00. The second kappa shape index (κ2) is 5.58. The van der Waals surface area contributed by atoms with Crippen LogP contribution < -0.4 is 5.69 Å². The molecule has 5 heteroatoms. The second-order valence-corrected chi connectivity index (χ2v) is 5.17. The Morgan fingerprint density at radius 1 is 1.05 bits per heavy atom. The minimum absolute atomic E-state index is 0.190. The number of hydrogen-bond donors (Lipinski definition) is 0. The highest BCUT2D eigenvalue weighted by atomic mass is 35.5. The number of benzene rings is 2. The topological polar surface area (TPSA) is 39.8 Å². The average molecular weight is 300 g/mol. The fraction of sp³-hybridized carbons (Fsp3) is 0.125. The van der Waals surface area contributed by atoms with Gasteiger partial charge in [-0.1, -0.05) is 54.1 Å². The van der Waals surface area contributed by atoms with Crippen molar-refractivity contribution in [1.82, 2.24) is 14.3 Å². The molecule has 21 heavy (non-hydrogen) atoms. The third-order valence-electron chi connectivity index (χ3n) is 3.27. The van der Waals surface area contributed by atoms with E-state index in [1.54, 1.807) is 13.0 Å². The number of hydrogen-bond acceptors (Lipinski definition) is 2. The van der Waals surface area contributed by atoms with E-state index in [9.17, 15) is 4.79 Å². The smallest absolute Gasteiger partial charge is 0.246 e. The van der Waals surface area contributed by atoms with Crippen molar-refractivity contribution in [2.45, 2.75) is 13.5 Å². The van der Waals surface area contributed by atoms with Gasteiger partial charge in [0.1, 0.15) is 5.82 Å². The lowest BCUT2D eigenvalue weighted by atomic mass is 10.2. The van der Waals surface area contributed by atoms with Gasteiger partial charge in [0.15, 0.2) is 0 Å². The van der Waals surface area contributed by atoms with Crippen LogP contribution >= 0.6 is 11.6 Å². The number of nitrogens with zero attached hydrogens (tertiary/aromatic N) is 3. The minimum atomic E-state index is -0.190. The van der Waals surface area contributed by atoms with E-state index in [0.717, 1.165) is 5.56 Å². The molecule has 0 aliphatic rings. The minimum Gasteiger partial charge on any atom is -0.246 e. The summed E-state index contributed by atoms with van der Waals surface area (Å²) in [6.07, 6.45) is 0. The molecule has 0 bridgehead atoms. The van der Waals surface area contributed by atoms with Crippen molar-refractivity contribution in [3.8, 4) is 5.69 Å². The summed E-state index contributed by atoms with van der Waals surface area (Å²) < 4.78 is 2.99. The Balaban J connectivity index is 2.06. The molecule has 0 N–H and O–H groups in total. The molecule has 0 aliphatic carbocycles. The maximum absolute atomic E-state index is 12.6. The van der Waals surface area contributed by atoms with Crippen molar-refractivity contribution in [2.24, 2.45) is 0 Å². The fourth-order valence-electron chi connectivity index (χ4n) is 2.29. The van der Waals surface area contributed by atoms with Gasteiger partial charge in [-0.15, -0.1) is 0 Å². The molecule has 106 valence electrons. The zero-order valence-corrected chi connectivity index (χ0v) is 12.3. The predicted octanol–water partition coefficient (Wildman–Crippen LogP) is 3.04. The SMILES string of the molecule is Cc1nn(Cc2ccccc2)c(=O)n1-c1ccccc1Cl. The molecule has 4 nitrogen and oxygen atoms in total. The first kappa shape index (κ1) is 13.6. The van der Waals surface area contributed by atoms with Gasteiger partial charge in [0, 0.05) is 0 Å². The van der Waals surface area contributed by atoms with Crippen LogP contribution in [0, 0.1) is 6.92 Å². The molecule has 0 fully saturated rings. The maximum atomic E-state index is 12.6. The van der Waals surface area contributed by atoms with Gasteiger partial charge in [-0.25, -0.2) is 14.0 Å². The standard InChI is InChI=1S/C16H14ClN3O/c1-12-18-19(11-13-7-3-2-4-8-13)16(21)20(12)15-10-6-5-9-14(15)17/h2-10H,11H2,1H3. The first-order valence-electron chi connectivity index (χ1n) is 6.62. The van der Waals surface area contributed by atoms with E-state index in [0.29, 0.717) is 23.1 Å². The lowest BCUT2D eigenvalue weighted by Gasteiger charge is -2.04. The second-order valence-electron chi connectivity index (χ2n) is 4.76. The van der Waals surface area contributed by atoms with Gasteiger partial charge in [-0.2, -0.15) is 5.10 Å². The molecule has 1 heterocycles. The summed E-state index contributed by atoms with van der Waals surface area (Å²) in [4.78, 5) is 12.6.